The topological polar surface area (TPSA) is 70.7 Å². The van der Waals surface area contributed by atoms with E-state index in [9.17, 15) is 14.0 Å². The molecule has 0 aliphatic carbocycles. The van der Waals surface area contributed by atoms with Crippen LogP contribution in [0.3, 0.4) is 0 Å². The van der Waals surface area contributed by atoms with Gasteiger partial charge in [-0.05, 0) is 60.5 Å². The van der Waals surface area contributed by atoms with Crippen LogP contribution in [0.25, 0.3) is 0 Å². The van der Waals surface area contributed by atoms with Gasteiger partial charge in [0, 0.05) is 19.3 Å². The van der Waals surface area contributed by atoms with Gasteiger partial charge >= 0.3 is 6.03 Å². The van der Waals surface area contributed by atoms with E-state index < -0.39 is 6.03 Å². The summed E-state index contributed by atoms with van der Waals surface area (Å²) >= 11 is 0. The van der Waals surface area contributed by atoms with Crippen LogP contribution in [0.5, 0.6) is 11.5 Å². The number of fused-ring (bicyclic) bond motifs is 2. The third-order valence-corrected chi connectivity index (χ3v) is 4.83. The molecule has 3 amide bonds. The zero-order valence-corrected chi connectivity index (χ0v) is 16.5. The molecule has 0 saturated heterocycles. The van der Waals surface area contributed by atoms with E-state index in [1.54, 1.807) is 37.4 Å². The molecule has 30 heavy (non-hydrogen) atoms. The van der Waals surface area contributed by atoms with Crippen molar-refractivity contribution < 1.29 is 18.7 Å². The molecule has 0 radical (unpaired) electrons. The number of urea groups is 1. The van der Waals surface area contributed by atoms with Crippen molar-refractivity contribution in [1.82, 2.24) is 5.32 Å². The highest BCUT2D eigenvalue weighted by molar-refractivity contribution is 6.10. The highest BCUT2D eigenvalue weighted by Crippen LogP contribution is 2.39. The summed E-state index contributed by atoms with van der Waals surface area (Å²) in [7, 11) is 1.69. The number of anilines is 2. The number of hydrogen-bond donors (Lipinski definition) is 2. The first kappa shape index (κ1) is 19.4. The van der Waals surface area contributed by atoms with Gasteiger partial charge in [-0.15, -0.1) is 0 Å². The van der Waals surface area contributed by atoms with Gasteiger partial charge < -0.3 is 20.3 Å². The molecule has 0 fully saturated rings. The minimum absolute atomic E-state index is 0.232. The molecule has 0 spiro atoms. The van der Waals surface area contributed by atoms with Gasteiger partial charge in [-0.25, -0.2) is 9.18 Å². The van der Waals surface area contributed by atoms with Gasteiger partial charge in [0.15, 0.2) is 5.75 Å². The lowest BCUT2D eigenvalue weighted by atomic mass is 10.1. The fourth-order valence-electron chi connectivity index (χ4n) is 3.21. The highest BCUT2D eigenvalue weighted by atomic mass is 19.1. The predicted octanol–water partition coefficient (Wildman–Crippen LogP) is 4.84. The number of rotatable bonds is 3. The fraction of sp³-hybridized carbons (Fsp3) is 0.130. The molecule has 7 heteroatoms. The van der Waals surface area contributed by atoms with Crippen LogP contribution < -0.4 is 20.3 Å². The standard InChI is InChI=1S/C23H20FN3O3/c1-14-3-9-21-19(11-14)27(2)22(28)18-12-17(8-10-20(18)30-21)26-23(29)25-13-15-4-6-16(24)7-5-15/h3-12H,13H2,1-2H3,(H2,25,26,29). The second-order valence-corrected chi connectivity index (χ2v) is 7.08. The maximum Gasteiger partial charge on any atom is 0.319 e. The molecule has 6 nitrogen and oxygen atoms in total. The average molecular weight is 405 g/mol. The van der Waals surface area contributed by atoms with Crippen molar-refractivity contribution >= 4 is 23.3 Å². The van der Waals surface area contributed by atoms with E-state index in [2.05, 4.69) is 10.6 Å². The number of carbonyl (C=O) groups is 2. The zero-order valence-electron chi connectivity index (χ0n) is 16.5. The van der Waals surface area contributed by atoms with E-state index in [-0.39, 0.29) is 18.3 Å². The Morgan fingerprint density at radius 1 is 1.03 bits per heavy atom. The molecule has 0 bridgehead atoms. The molecule has 3 aromatic rings. The minimum Gasteiger partial charge on any atom is -0.454 e. The first-order valence-corrected chi connectivity index (χ1v) is 9.40. The Morgan fingerprint density at radius 2 is 1.77 bits per heavy atom. The molecule has 0 atom stereocenters. The lowest BCUT2D eigenvalue weighted by molar-refractivity contribution is 0.0993. The molecule has 1 aliphatic heterocycles. The quantitative estimate of drug-likeness (QED) is 0.655. The number of ether oxygens (including phenoxy) is 1. The van der Waals surface area contributed by atoms with Gasteiger partial charge in [0.2, 0.25) is 0 Å². The molecular formula is C23H20FN3O3. The van der Waals surface area contributed by atoms with Crippen molar-refractivity contribution in [3.05, 3.63) is 83.2 Å². The van der Waals surface area contributed by atoms with Crippen LogP contribution in [-0.4, -0.2) is 19.0 Å². The lowest BCUT2D eigenvalue weighted by Crippen LogP contribution is -2.28. The third kappa shape index (κ3) is 3.96. The Balaban J connectivity index is 1.50. The summed E-state index contributed by atoms with van der Waals surface area (Å²) < 4.78 is 18.9. The van der Waals surface area contributed by atoms with Gasteiger partial charge in [0.25, 0.3) is 5.91 Å². The first-order chi connectivity index (χ1) is 14.4. The summed E-state index contributed by atoms with van der Waals surface area (Å²) in [6, 6.07) is 16.0. The SMILES string of the molecule is Cc1ccc2c(c1)N(C)C(=O)c1cc(NC(=O)NCc3ccc(F)cc3)ccc1O2. The van der Waals surface area contributed by atoms with Gasteiger partial charge in [-0.1, -0.05) is 18.2 Å². The van der Waals surface area contributed by atoms with Crippen LogP contribution in [0.1, 0.15) is 21.5 Å². The molecule has 0 unspecified atom stereocenters. The van der Waals surface area contributed by atoms with Crippen LogP contribution >= 0.6 is 0 Å². The smallest absolute Gasteiger partial charge is 0.319 e. The third-order valence-electron chi connectivity index (χ3n) is 4.83. The number of benzene rings is 3. The first-order valence-electron chi connectivity index (χ1n) is 9.40. The maximum atomic E-state index is 13.0. The van der Waals surface area contributed by atoms with Gasteiger partial charge in [-0.3, -0.25) is 4.79 Å². The summed E-state index contributed by atoms with van der Waals surface area (Å²) in [5.74, 6) is 0.451. The summed E-state index contributed by atoms with van der Waals surface area (Å²) in [5.41, 5.74) is 3.28. The van der Waals surface area contributed by atoms with E-state index >= 15 is 0 Å². The van der Waals surface area contributed by atoms with Crippen molar-refractivity contribution in [3.63, 3.8) is 0 Å². The highest BCUT2D eigenvalue weighted by Gasteiger charge is 2.26. The van der Waals surface area contributed by atoms with E-state index in [0.717, 1.165) is 11.1 Å². The molecular weight excluding hydrogens is 385 g/mol. The Bertz CT molecular complexity index is 1130. The van der Waals surface area contributed by atoms with E-state index in [4.69, 9.17) is 4.74 Å². The Hall–Kier alpha value is -3.87. The number of nitrogens with one attached hydrogen (secondary N) is 2. The number of amides is 3. The summed E-state index contributed by atoms with van der Waals surface area (Å²) in [6.45, 7) is 2.19. The molecule has 4 rings (SSSR count). The Kier molecular flexibility index (Phi) is 5.10. The van der Waals surface area contributed by atoms with Crippen molar-refractivity contribution in [2.24, 2.45) is 0 Å². The number of hydrogen-bond acceptors (Lipinski definition) is 3. The van der Waals surface area contributed by atoms with Crippen molar-refractivity contribution in [2.75, 3.05) is 17.3 Å². The van der Waals surface area contributed by atoms with Crippen LogP contribution in [0.2, 0.25) is 0 Å². The van der Waals surface area contributed by atoms with Crippen molar-refractivity contribution in [1.29, 1.82) is 0 Å². The second-order valence-electron chi connectivity index (χ2n) is 7.08. The summed E-state index contributed by atoms with van der Waals surface area (Å²) in [6.07, 6.45) is 0. The lowest BCUT2D eigenvalue weighted by Gasteiger charge is -2.16. The molecule has 2 N–H and O–H groups in total. The number of nitrogens with zero attached hydrogens (tertiary/aromatic N) is 1. The Labute approximate surface area is 173 Å². The van der Waals surface area contributed by atoms with Crippen molar-refractivity contribution in [3.8, 4) is 11.5 Å². The molecule has 1 heterocycles. The summed E-state index contributed by atoms with van der Waals surface area (Å²) in [5, 5.41) is 5.41. The maximum absolute atomic E-state index is 13.0. The molecule has 0 saturated carbocycles. The molecule has 0 aromatic heterocycles. The molecule has 1 aliphatic rings. The van der Waals surface area contributed by atoms with E-state index in [1.807, 2.05) is 25.1 Å². The Morgan fingerprint density at radius 3 is 2.53 bits per heavy atom. The normalized spacial score (nSPS) is 12.4. The fourth-order valence-corrected chi connectivity index (χ4v) is 3.21. The van der Waals surface area contributed by atoms with E-state index in [1.165, 1.54) is 17.0 Å². The van der Waals surface area contributed by atoms with Crippen LogP contribution in [0.15, 0.2) is 60.7 Å². The van der Waals surface area contributed by atoms with Crippen molar-refractivity contribution in [2.45, 2.75) is 13.5 Å². The molecule has 3 aromatic carbocycles. The average Bonchev–Trinajstić information content (AvgIpc) is 2.83. The number of carbonyl (C=O) groups excluding carboxylic acids is 2. The van der Waals surface area contributed by atoms with Crippen LogP contribution in [0, 0.1) is 12.7 Å². The number of aryl methyl sites for hydroxylation is 1. The van der Waals surface area contributed by atoms with Gasteiger partial charge in [0.05, 0.1) is 11.3 Å². The van der Waals surface area contributed by atoms with Crippen LogP contribution in [-0.2, 0) is 6.54 Å². The second kappa shape index (κ2) is 7.87. The number of halogens is 1. The van der Waals surface area contributed by atoms with Gasteiger partial charge in [-0.2, -0.15) is 0 Å². The monoisotopic (exact) mass is 405 g/mol. The van der Waals surface area contributed by atoms with Gasteiger partial charge in [0.1, 0.15) is 11.6 Å². The van der Waals surface area contributed by atoms with Crippen LogP contribution in [0.4, 0.5) is 20.6 Å². The summed E-state index contributed by atoms with van der Waals surface area (Å²) in [4.78, 5) is 26.7. The largest absolute Gasteiger partial charge is 0.454 e. The predicted molar refractivity (Wildman–Crippen MR) is 113 cm³/mol. The minimum atomic E-state index is -0.437. The van der Waals surface area contributed by atoms with E-state index in [0.29, 0.717) is 28.4 Å². The zero-order chi connectivity index (χ0) is 21.3. The molecule has 152 valence electrons.